The van der Waals surface area contributed by atoms with Gasteiger partial charge >= 0.3 is 0 Å². The molecule has 1 N–H and O–H groups in total. The number of nitrogens with zero attached hydrogens (tertiary/aromatic N) is 2. The summed E-state index contributed by atoms with van der Waals surface area (Å²) in [7, 11) is 0. The highest BCUT2D eigenvalue weighted by molar-refractivity contribution is 4.89. The molecule has 5 heteroatoms. The van der Waals surface area contributed by atoms with Crippen molar-refractivity contribution >= 4 is 0 Å². The van der Waals surface area contributed by atoms with E-state index < -0.39 is 0 Å². The number of hydrogen-bond acceptors (Lipinski definition) is 5. The van der Waals surface area contributed by atoms with Gasteiger partial charge in [0.25, 0.3) is 0 Å². The molecule has 0 saturated carbocycles. The van der Waals surface area contributed by atoms with Gasteiger partial charge in [0.05, 0.1) is 0 Å². The van der Waals surface area contributed by atoms with Crippen LogP contribution in [0.5, 0.6) is 0 Å². The van der Waals surface area contributed by atoms with E-state index in [-0.39, 0.29) is 0 Å². The van der Waals surface area contributed by atoms with Crippen LogP contribution in [0.2, 0.25) is 0 Å². The minimum atomic E-state index is 0.447. The zero-order valence-corrected chi connectivity index (χ0v) is 8.32. The summed E-state index contributed by atoms with van der Waals surface area (Å²) >= 11 is 0. The fourth-order valence-electron chi connectivity index (χ4n) is 1.36. The van der Waals surface area contributed by atoms with Crippen LogP contribution in [0.4, 0.5) is 0 Å². The first-order valence-electron chi connectivity index (χ1n) is 4.98. The Morgan fingerprint density at radius 1 is 1.57 bits per heavy atom. The van der Waals surface area contributed by atoms with E-state index in [1.165, 1.54) is 0 Å². The number of hydrogen-bond donors (Lipinski definition) is 1. The van der Waals surface area contributed by atoms with Crippen LogP contribution in [-0.4, -0.2) is 29.8 Å². The summed E-state index contributed by atoms with van der Waals surface area (Å²) in [4.78, 5) is 4.24. The predicted octanol–water partition coefficient (Wildman–Crippen LogP) is 0.368. The highest BCUT2D eigenvalue weighted by atomic mass is 16.5. The van der Waals surface area contributed by atoms with Gasteiger partial charge in [-0.2, -0.15) is 4.98 Å². The molecule has 2 rings (SSSR count). The second kappa shape index (κ2) is 4.52. The molecule has 0 bridgehead atoms. The Labute approximate surface area is 82.8 Å². The van der Waals surface area contributed by atoms with Crippen molar-refractivity contribution in [2.45, 2.75) is 20.0 Å². The standard InChI is InChI=1S/C9H15N3O2/c1-2-13-6-8-11-9(14-12-8)3-7-4-10-5-7/h7,10H,2-6H2,1H3. The van der Waals surface area contributed by atoms with Gasteiger partial charge in [-0.15, -0.1) is 0 Å². The molecule has 0 amide bonds. The van der Waals surface area contributed by atoms with Gasteiger partial charge in [0.1, 0.15) is 6.61 Å². The van der Waals surface area contributed by atoms with Crippen LogP contribution >= 0.6 is 0 Å². The lowest BCUT2D eigenvalue weighted by Crippen LogP contribution is -2.43. The predicted molar refractivity (Wildman–Crippen MR) is 49.7 cm³/mol. The van der Waals surface area contributed by atoms with Gasteiger partial charge in [-0.1, -0.05) is 5.16 Å². The maximum absolute atomic E-state index is 5.18. The average molecular weight is 197 g/mol. The number of aromatic nitrogens is 2. The largest absolute Gasteiger partial charge is 0.374 e. The lowest BCUT2D eigenvalue weighted by atomic mass is 10.00. The molecular weight excluding hydrogens is 182 g/mol. The van der Waals surface area contributed by atoms with E-state index in [1.54, 1.807) is 0 Å². The van der Waals surface area contributed by atoms with Crippen molar-refractivity contribution in [3.63, 3.8) is 0 Å². The summed E-state index contributed by atoms with van der Waals surface area (Å²) in [6.45, 7) is 5.19. The van der Waals surface area contributed by atoms with Crippen LogP contribution in [0, 0.1) is 5.92 Å². The molecule has 0 unspecified atom stereocenters. The molecule has 1 aliphatic heterocycles. The lowest BCUT2D eigenvalue weighted by Gasteiger charge is -2.25. The minimum absolute atomic E-state index is 0.447. The van der Waals surface area contributed by atoms with Gasteiger partial charge in [0.15, 0.2) is 5.82 Å². The molecule has 0 spiro atoms. The molecule has 0 atom stereocenters. The Kier molecular flexibility index (Phi) is 3.10. The van der Waals surface area contributed by atoms with Gasteiger partial charge in [0, 0.05) is 13.0 Å². The second-order valence-electron chi connectivity index (χ2n) is 3.47. The fourth-order valence-corrected chi connectivity index (χ4v) is 1.36. The van der Waals surface area contributed by atoms with Crippen molar-refractivity contribution in [2.75, 3.05) is 19.7 Å². The zero-order chi connectivity index (χ0) is 9.80. The number of rotatable bonds is 5. The fraction of sp³-hybridized carbons (Fsp3) is 0.778. The van der Waals surface area contributed by atoms with Crippen molar-refractivity contribution in [1.29, 1.82) is 0 Å². The van der Waals surface area contributed by atoms with Crippen molar-refractivity contribution in [3.8, 4) is 0 Å². The average Bonchev–Trinajstić information content (AvgIpc) is 2.56. The molecule has 1 aliphatic rings. The van der Waals surface area contributed by atoms with Crippen LogP contribution in [-0.2, 0) is 17.8 Å². The summed E-state index contributed by atoms with van der Waals surface area (Å²) in [5, 5.41) is 7.04. The Hall–Kier alpha value is -0.940. The number of nitrogens with one attached hydrogen (secondary N) is 1. The molecule has 1 saturated heterocycles. The van der Waals surface area contributed by atoms with Crippen LogP contribution in [0.3, 0.4) is 0 Å². The van der Waals surface area contributed by atoms with Crippen molar-refractivity contribution in [3.05, 3.63) is 11.7 Å². The Bertz CT molecular complexity index is 283. The monoisotopic (exact) mass is 197 g/mol. The van der Waals surface area contributed by atoms with E-state index in [0.29, 0.717) is 25.0 Å². The molecule has 2 heterocycles. The molecule has 1 fully saturated rings. The van der Waals surface area contributed by atoms with E-state index in [4.69, 9.17) is 9.26 Å². The van der Waals surface area contributed by atoms with Crippen molar-refractivity contribution < 1.29 is 9.26 Å². The van der Waals surface area contributed by atoms with Crippen molar-refractivity contribution in [1.82, 2.24) is 15.5 Å². The highest BCUT2D eigenvalue weighted by Gasteiger charge is 2.20. The van der Waals surface area contributed by atoms with Crippen LogP contribution < -0.4 is 5.32 Å². The molecule has 0 radical (unpaired) electrons. The number of ether oxygens (including phenoxy) is 1. The Morgan fingerprint density at radius 3 is 3.07 bits per heavy atom. The minimum Gasteiger partial charge on any atom is -0.374 e. The first kappa shape index (κ1) is 9.61. The zero-order valence-electron chi connectivity index (χ0n) is 8.32. The molecule has 0 aromatic carbocycles. The first-order valence-corrected chi connectivity index (χ1v) is 4.98. The second-order valence-corrected chi connectivity index (χ2v) is 3.47. The summed E-state index contributed by atoms with van der Waals surface area (Å²) in [6.07, 6.45) is 0.881. The van der Waals surface area contributed by atoms with E-state index in [2.05, 4.69) is 15.5 Å². The van der Waals surface area contributed by atoms with E-state index >= 15 is 0 Å². The third kappa shape index (κ3) is 2.30. The van der Waals surface area contributed by atoms with E-state index in [1.807, 2.05) is 6.92 Å². The summed E-state index contributed by atoms with van der Waals surface area (Å²) in [5.41, 5.74) is 0. The third-order valence-electron chi connectivity index (χ3n) is 2.27. The normalized spacial score (nSPS) is 16.9. The molecule has 1 aromatic heterocycles. The van der Waals surface area contributed by atoms with Gasteiger partial charge in [-0.3, -0.25) is 0 Å². The van der Waals surface area contributed by atoms with Gasteiger partial charge in [-0.05, 0) is 25.9 Å². The third-order valence-corrected chi connectivity index (χ3v) is 2.27. The summed E-state index contributed by atoms with van der Waals surface area (Å²) in [5.74, 6) is 2.04. The lowest BCUT2D eigenvalue weighted by molar-refractivity contribution is 0.126. The van der Waals surface area contributed by atoms with Gasteiger partial charge in [-0.25, -0.2) is 0 Å². The van der Waals surface area contributed by atoms with E-state index in [9.17, 15) is 0 Å². The van der Waals surface area contributed by atoms with Gasteiger partial charge in [0.2, 0.25) is 5.89 Å². The molecular formula is C9H15N3O2. The molecule has 5 nitrogen and oxygen atoms in total. The molecule has 0 aliphatic carbocycles. The maximum Gasteiger partial charge on any atom is 0.227 e. The SMILES string of the molecule is CCOCc1noc(CC2CNC2)n1. The quantitative estimate of drug-likeness (QED) is 0.739. The smallest absolute Gasteiger partial charge is 0.227 e. The first-order chi connectivity index (χ1) is 6.88. The topological polar surface area (TPSA) is 60.2 Å². The van der Waals surface area contributed by atoms with E-state index in [0.717, 1.165) is 25.4 Å². The molecule has 14 heavy (non-hydrogen) atoms. The maximum atomic E-state index is 5.18. The highest BCUT2D eigenvalue weighted by Crippen LogP contribution is 2.10. The molecule has 78 valence electrons. The summed E-state index contributed by atoms with van der Waals surface area (Å²) < 4.78 is 10.3. The van der Waals surface area contributed by atoms with Crippen LogP contribution in [0.15, 0.2) is 4.52 Å². The summed E-state index contributed by atoms with van der Waals surface area (Å²) in [6, 6.07) is 0. The molecule has 1 aromatic rings. The Balaban J connectivity index is 1.82. The Morgan fingerprint density at radius 2 is 2.43 bits per heavy atom. The van der Waals surface area contributed by atoms with Crippen LogP contribution in [0.1, 0.15) is 18.6 Å². The van der Waals surface area contributed by atoms with Crippen molar-refractivity contribution in [2.24, 2.45) is 5.92 Å². The van der Waals surface area contributed by atoms with Crippen LogP contribution in [0.25, 0.3) is 0 Å². The van der Waals surface area contributed by atoms with Gasteiger partial charge < -0.3 is 14.6 Å².